The van der Waals surface area contributed by atoms with E-state index in [0.717, 1.165) is 10.4 Å². The predicted molar refractivity (Wildman–Crippen MR) is 102 cm³/mol. The van der Waals surface area contributed by atoms with Crippen molar-refractivity contribution in [3.8, 4) is 0 Å². The van der Waals surface area contributed by atoms with E-state index < -0.39 is 6.04 Å². The normalized spacial score (nSPS) is 12.1. The van der Waals surface area contributed by atoms with E-state index in [-0.39, 0.29) is 17.7 Å². The van der Waals surface area contributed by atoms with Crippen LogP contribution in [0, 0.1) is 5.92 Å². The summed E-state index contributed by atoms with van der Waals surface area (Å²) in [5, 5.41) is 7.08. The fourth-order valence-corrected chi connectivity index (χ4v) is 3.55. The first-order chi connectivity index (χ1) is 11.8. The van der Waals surface area contributed by atoms with Crippen molar-refractivity contribution in [1.82, 2.24) is 10.3 Å². The Morgan fingerprint density at radius 3 is 2.60 bits per heavy atom. The van der Waals surface area contributed by atoms with E-state index in [9.17, 15) is 9.59 Å². The maximum Gasteiger partial charge on any atom is 0.248 e. The number of nitrogens with one attached hydrogen (secondary N) is 2. The molecular weight excluding hydrogens is 381 g/mol. The molecule has 2 rings (SSSR count). The van der Waals surface area contributed by atoms with Crippen LogP contribution in [-0.2, 0) is 16.0 Å². The lowest BCUT2D eigenvalue weighted by molar-refractivity contribution is -0.126. The van der Waals surface area contributed by atoms with Crippen molar-refractivity contribution in [2.24, 2.45) is 5.92 Å². The zero-order chi connectivity index (χ0) is 18.6. The van der Waals surface area contributed by atoms with Gasteiger partial charge in [-0.05, 0) is 23.6 Å². The van der Waals surface area contributed by atoms with Crippen molar-refractivity contribution >= 4 is 51.5 Å². The van der Waals surface area contributed by atoms with Crippen molar-refractivity contribution in [1.29, 1.82) is 0 Å². The number of rotatable bonds is 6. The molecule has 0 bridgehead atoms. The Morgan fingerprint density at radius 1 is 1.28 bits per heavy atom. The van der Waals surface area contributed by atoms with Gasteiger partial charge in [-0.2, -0.15) is 0 Å². The van der Waals surface area contributed by atoms with Crippen LogP contribution in [-0.4, -0.2) is 22.8 Å². The maximum atomic E-state index is 12.4. The first-order valence-electron chi connectivity index (χ1n) is 7.73. The lowest BCUT2D eigenvalue weighted by Crippen LogP contribution is -2.46. The average molecular weight is 400 g/mol. The molecule has 0 saturated carbocycles. The number of aromatic nitrogens is 1. The molecule has 0 aliphatic heterocycles. The molecule has 1 aromatic carbocycles. The van der Waals surface area contributed by atoms with E-state index in [1.54, 1.807) is 18.3 Å². The first kappa shape index (κ1) is 19.7. The Labute approximate surface area is 160 Å². The third-order valence-electron chi connectivity index (χ3n) is 3.47. The molecule has 5 nitrogen and oxygen atoms in total. The van der Waals surface area contributed by atoms with Crippen LogP contribution in [0.25, 0.3) is 0 Å². The second kappa shape index (κ2) is 8.65. The van der Waals surface area contributed by atoms with Crippen molar-refractivity contribution in [3.63, 3.8) is 0 Å². The first-order valence-corrected chi connectivity index (χ1v) is 9.30. The van der Waals surface area contributed by atoms with Crippen molar-refractivity contribution in [2.45, 2.75) is 33.2 Å². The van der Waals surface area contributed by atoms with Gasteiger partial charge < -0.3 is 10.6 Å². The van der Waals surface area contributed by atoms with E-state index in [4.69, 9.17) is 23.2 Å². The standard InChI is InChI=1S/C17H19Cl2N3O2S/c1-9(2)15(21-10(3)23)16(24)22-17-20-8-13(25-17)6-11-4-5-12(18)7-14(11)19/h4-5,7-9,15H,6H2,1-3H3,(H,21,23)(H,20,22,24). The number of carbonyl (C=O) groups is 2. The molecule has 0 radical (unpaired) electrons. The Bertz CT molecular complexity index is 777. The summed E-state index contributed by atoms with van der Waals surface area (Å²) < 4.78 is 0. The summed E-state index contributed by atoms with van der Waals surface area (Å²) in [4.78, 5) is 28.8. The van der Waals surface area contributed by atoms with Crippen LogP contribution in [0.15, 0.2) is 24.4 Å². The Balaban J connectivity index is 2.05. The molecule has 2 aromatic rings. The largest absolute Gasteiger partial charge is 0.344 e. The molecule has 1 unspecified atom stereocenters. The van der Waals surface area contributed by atoms with Gasteiger partial charge in [0.25, 0.3) is 0 Å². The highest BCUT2D eigenvalue weighted by molar-refractivity contribution is 7.15. The minimum Gasteiger partial charge on any atom is -0.344 e. The van der Waals surface area contributed by atoms with Crippen molar-refractivity contribution < 1.29 is 9.59 Å². The molecule has 2 amide bonds. The summed E-state index contributed by atoms with van der Waals surface area (Å²) in [6, 6.07) is 4.75. The van der Waals surface area contributed by atoms with Crippen LogP contribution in [0.1, 0.15) is 31.2 Å². The minimum absolute atomic E-state index is 0.0313. The predicted octanol–water partition coefficient (Wildman–Crippen LogP) is 4.14. The van der Waals surface area contributed by atoms with E-state index in [1.807, 2.05) is 19.9 Å². The number of halogens is 2. The third kappa shape index (κ3) is 5.70. The zero-order valence-electron chi connectivity index (χ0n) is 14.1. The summed E-state index contributed by atoms with van der Waals surface area (Å²) in [6.07, 6.45) is 2.30. The summed E-state index contributed by atoms with van der Waals surface area (Å²) in [5.41, 5.74) is 0.936. The molecule has 0 saturated heterocycles. The van der Waals surface area contributed by atoms with Crippen LogP contribution < -0.4 is 10.6 Å². The number of benzene rings is 1. The van der Waals surface area contributed by atoms with Gasteiger partial charge in [-0.15, -0.1) is 11.3 Å². The number of anilines is 1. The molecule has 1 aromatic heterocycles. The highest BCUT2D eigenvalue weighted by atomic mass is 35.5. The second-order valence-electron chi connectivity index (χ2n) is 5.96. The molecular formula is C17H19Cl2N3O2S. The van der Waals surface area contributed by atoms with Gasteiger partial charge >= 0.3 is 0 Å². The Kier molecular flexibility index (Phi) is 6.81. The fraction of sp³-hybridized carbons (Fsp3) is 0.353. The molecule has 1 heterocycles. The van der Waals surface area contributed by atoms with E-state index in [1.165, 1.54) is 18.3 Å². The monoisotopic (exact) mass is 399 g/mol. The molecule has 1 atom stereocenters. The average Bonchev–Trinajstić information content (AvgIpc) is 2.94. The van der Waals surface area contributed by atoms with Crippen LogP contribution in [0.5, 0.6) is 0 Å². The van der Waals surface area contributed by atoms with Gasteiger partial charge in [0.15, 0.2) is 5.13 Å². The number of amides is 2. The van der Waals surface area contributed by atoms with E-state index >= 15 is 0 Å². The van der Waals surface area contributed by atoms with Gasteiger partial charge in [-0.25, -0.2) is 4.98 Å². The summed E-state index contributed by atoms with van der Waals surface area (Å²) in [7, 11) is 0. The van der Waals surface area contributed by atoms with Crippen LogP contribution in [0.2, 0.25) is 10.0 Å². The SMILES string of the molecule is CC(=O)NC(C(=O)Nc1ncc(Cc2ccc(Cl)cc2Cl)s1)C(C)C. The lowest BCUT2D eigenvalue weighted by Gasteiger charge is -2.20. The molecule has 8 heteroatoms. The number of thiazole rings is 1. The van der Waals surface area contributed by atoms with Gasteiger partial charge in [0.05, 0.1) is 0 Å². The van der Waals surface area contributed by atoms with Gasteiger partial charge in [-0.1, -0.05) is 43.1 Å². The summed E-state index contributed by atoms with van der Waals surface area (Å²) in [5.74, 6) is -0.558. The smallest absolute Gasteiger partial charge is 0.248 e. The summed E-state index contributed by atoms with van der Waals surface area (Å²) >= 11 is 13.5. The third-order valence-corrected chi connectivity index (χ3v) is 4.97. The van der Waals surface area contributed by atoms with Gasteiger partial charge in [-0.3, -0.25) is 9.59 Å². The summed E-state index contributed by atoms with van der Waals surface area (Å²) in [6.45, 7) is 5.13. The number of hydrogen-bond acceptors (Lipinski definition) is 4. The van der Waals surface area contributed by atoms with E-state index in [2.05, 4.69) is 15.6 Å². The Morgan fingerprint density at radius 2 is 2.00 bits per heavy atom. The molecule has 0 fully saturated rings. The molecule has 0 aliphatic carbocycles. The molecule has 0 aliphatic rings. The molecule has 134 valence electrons. The minimum atomic E-state index is -0.601. The molecule has 25 heavy (non-hydrogen) atoms. The highest BCUT2D eigenvalue weighted by Crippen LogP contribution is 2.27. The lowest BCUT2D eigenvalue weighted by atomic mass is 10.0. The van der Waals surface area contributed by atoms with Gasteiger partial charge in [0.1, 0.15) is 6.04 Å². The van der Waals surface area contributed by atoms with Gasteiger partial charge in [0.2, 0.25) is 11.8 Å². The fourth-order valence-electron chi connectivity index (χ4n) is 2.24. The van der Waals surface area contributed by atoms with Crippen molar-refractivity contribution in [3.05, 3.63) is 44.9 Å². The quantitative estimate of drug-likeness (QED) is 0.766. The topological polar surface area (TPSA) is 71.1 Å². The Hall–Kier alpha value is -1.63. The molecule has 0 spiro atoms. The number of nitrogens with zero attached hydrogens (tertiary/aromatic N) is 1. The zero-order valence-corrected chi connectivity index (χ0v) is 16.4. The van der Waals surface area contributed by atoms with Crippen molar-refractivity contribution in [2.75, 3.05) is 5.32 Å². The molecule has 2 N–H and O–H groups in total. The van der Waals surface area contributed by atoms with E-state index in [0.29, 0.717) is 21.6 Å². The number of hydrogen-bond donors (Lipinski definition) is 2. The maximum absolute atomic E-state index is 12.4. The van der Waals surface area contributed by atoms with Crippen LogP contribution in [0.4, 0.5) is 5.13 Å². The van der Waals surface area contributed by atoms with Crippen LogP contribution >= 0.6 is 34.5 Å². The second-order valence-corrected chi connectivity index (χ2v) is 7.91. The van der Waals surface area contributed by atoms with Crippen LogP contribution in [0.3, 0.4) is 0 Å². The van der Waals surface area contributed by atoms with Gasteiger partial charge in [0, 0.05) is 34.5 Å². The highest BCUT2D eigenvalue weighted by Gasteiger charge is 2.23. The number of carbonyl (C=O) groups excluding carboxylic acids is 2.